The minimum atomic E-state index is -0.902. The molecule has 1 aliphatic rings. The van der Waals surface area contributed by atoms with Crippen LogP contribution in [0.2, 0.25) is 0 Å². The van der Waals surface area contributed by atoms with Crippen molar-refractivity contribution in [3.8, 4) is 0 Å². The Balaban J connectivity index is 2.28. The molecule has 3 atom stereocenters. The van der Waals surface area contributed by atoms with Gasteiger partial charge in [-0.2, -0.15) is 4.39 Å². The average Bonchev–Trinajstić information content (AvgIpc) is 3.00. The van der Waals surface area contributed by atoms with Crippen molar-refractivity contribution in [2.24, 2.45) is 11.8 Å². The Bertz CT molecular complexity index is 475. The van der Waals surface area contributed by atoms with Crippen LogP contribution in [-0.2, 0) is 14.3 Å². The molecule has 0 spiro atoms. The fourth-order valence-electron chi connectivity index (χ4n) is 3.92. The molecule has 0 aliphatic heterocycles. The van der Waals surface area contributed by atoms with Gasteiger partial charge in [0.25, 0.3) is 0 Å². The number of carbonyl (C=O) groups is 2. The molecule has 4 nitrogen and oxygen atoms in total. The molecule has 1 saturated carbocycles. The normalized spacial score (nSPS) is 21.5. The van der Waals surface area contributed by atoms with Crippen molar-refractivity contribution >= 4 is 11.8 Å². The summed E-state index contributed by atoms with van der Waals surface area (Å²) in [4.78, 5) is 23.4. The van der Waals surface area contributed by atoms with E-state index < -0.39 is 11.8 Å². The van der Waals surface area contributed by atoms with Crippen LogP contribution in [0.4, 0.5) is 4.39 Å². The van der Waals surface area contributed by atoms with Crippen molar-refractivity contribution in [2.75, 3.05) is 6.61 Å². The monoisotopic (exact) mass is 384 g/mol. The third kappa shape index (κ3) is 9.50. The smallest absolute Gasteiger partial charge is 0.366 e. The Kier molecular flexibility index (Phi) is 12.2. The van der Waals surface area contributed by atoms with Gasteiger partial charge in [0.1, 0.15) is 5.78 Å². The predicted octanol–water partition coefficient (Wildman–Crippen LogP) is 5.28. The molecule has 1 N–H and O–H groups in total. The quantitative estimate of drug-likeness (QED) is 0.251. The molecule has 1 rings (SSSR count). The van der Waals surface area contributed by atoms with Crippen LogP contribution in [0.15, 0.2) is 11.9 Å². The van der Waals surface area contributed by atoms with E-state index in [0.717, 1.165) is 64.2 Å². The van der Waals surface area contributed by atoms with E-state index in [2.05, 4.69) is 11.7 Å². The van der Waals surface area contributed by atoms with Crippen LogP contribution >= 0.6 is 0 Å². The number of aliphatic hydroxyl groups is 1. The Morgan fingerprint density at radius 2 is 2.00 bits per heavy atom. The minimum absolute atomic E-state index is 0.0896. The number of unbranched alkanes of at least 4 members (excludes halogenated alkanes) is 4. The van der Waals surface area contributed by atoms with Gasteiger partial charge in [-0.1, -0.05) is 32.6 Å². The van der Waals surface area contributed by atoms with E-state index in [1.165, 1.54) is 6.08 Å². The molecule has 1 unspecified atom stereocenters. The SMILES string of the molecule is CCCCCC(O)CC[C@H]1CCC(=O)[C@@H]1CCCCC=C(F)C(=O)OCC. The number of hydrogen-bond acceptors (Lipinski definition) is 4. The van der Waals surface area contributed by atoms with E-state index in [1.54, 1.807) is 6.92 Å². The number of esters is 1. The third-order valence-electron chi connectivity index (χ3n) is 5.52. The van der Waals surface area contributed by atoms with Crippen LogP contribution in [0, 0.1) is 11.8 Å². The van der Waals surface area contributed by atoms with Crippen molar-refractivity contribution in [1.82, 2.24) is 0 Å². The van der Waals surface area contributed by atoms with Crippen molar-refractivity contribution in [1.29, 1.82) is 0 Å². The summed E-state index contributed by atoms with van der Waals surface area (Å²) in [6.07, 6.45) is 11.5. The number of rotatable bonds is 14. The number of ketones is 1. The molecule has 5 heteroatoms. The highest BCUT2D eigenvalue weighted by Crippen LogP contribution is 2.36. The average molecular weight is 385 g/mol. The van der Waals surface area contributed by atoms with Gasteiger partial charge in [0, 0.05) is 12.3 Å². The number of hydrogen-bond donors (Lipinski definition) is 1. The van der Waals surface area contributed by atoms with Gasteiger partial charge >= 0.3 is 5.97 Å². The van der Waals surface area contributed by atoms with Crippen LogP contribution in [-0.4, -0.2) is 29.6 Å². The van der Waals surface area contributed by atoms with Crippen molar-refractivity contribution in [3.05, 3.63) is 11.9 Å². The number of aliphatic hydroxyl groups excluding tert-OH is 1. The lowest BCUT2D eigenvalue weighted by molar-refractivity contribution is -0.140. The topological polar surface area (TPSA) is 63.6 Å². The summed E-state index contributed by atoms with van der Waals surface area (Å²) in [7, 11) is 0. The maximum absolute atomic E-state index is 13.4. The van der Waals surface area contributed by atoms with Crippen LogP contribution < -0.4 is 0 Å². The van der Waals surface area contributed by atoms with Crippen molar-refractivity contribution in [3.63, 3.8) is 0 Å². The summed E-state index contributed by atoms with van der Waals surface area (Å²) >= 11 is 0. The Labute approximate surface area is 163 Å². The van der Waals surface area contributed by atoms with E-state index in [1.807, 2.05) is 0 Å². The summed E-state index contributed by atoms with van der Waals surface area (Å²) in [5.74, 6) is -0.921. The first kappa shape index (κ1) is 23.8. The lowest BCUT2D eigenvalue weighted by Crippen LogP contribution is -2.17. The highest BCUT2D eigenvalue weighted by Gasteiger charge is 2.33. The molecular weight excluding hydrogens is 347 g/mol. The number of carbonyl (C=O) groups excluding carboxylic acids is 2. The fraction of sp³-hybridized carbons (Fsp3) is 0.818. The zero-order valence-corrected chi connectivity index (χ0v) is 17.1. The minimum Gasteiger partial charge on any atom is -0.461 e. The Morgan fingerprint density at radius 3 is 2.70 bits per heavy atom. The molecule has 0 bridgehead atoms. The van der Waals surface area contributed by atoms with Gasteiger partial charge in [0.15, 0.2) is 0 Å². The molecule has 0 saturated heterocycles. The van der Waals surface area contributed by atoms with E-state index >= 15 is 0 Å². The molecule has 27 heavy (non-hydrogen) atoms. The summed E-state index contributed by atoms with van der Waals surface area (Å²) in [6, 6.07) is 0. The highest BCUT2D eigenvalue weighted by molar-refractivity contribution is 5.85. The van der Waals surface area contributed by atoms with E-state index in [-0.39, 0.29) is 18.6 Å². The standard InChI is InChI=1S/C22H37FO4/c1-3-5-7-10-18(24)15-13-17-14-16-21(25)19(17)11-8-6-9-12-20(23)22(26)27-4-2/h12,17-19,24H,3-11,13-16H2,1-2H3/t17-,18?,19+/m0/s1. The second kappa shape index (κ2) is 13.9. The van der Waals surface area contributed by atoms with Gasteiger partial charge in [-0.15, -0.1) is 0 Å². The van der Waals surface area contributed by atoms with E-state index in [0.29, 0.717) is 24.5 Å². The summed E-state index contributed by atoms with van der Waals surface area (Å²) in [5.41, 5.74) is 0. The van der Waals surface area contributed by atoms with Gasteiger partial charge in [0.05, 0.1) is 12.7 Å². The second-order valence-electron chi connectivity index (χ2n) is 7.66. The summed E-state index contributed by atoms with van der Waals surface area (Å²) < 4.78 is 18.0. The lowest BCUT2D eigenvalue weighted by atomic mass is 9.86. The van der Waals surface area contributed by atoms with Gasteiger partial charge in [-0.25, -0.2) is 4.79 Å². The van der Waals surface area contributed by atoms with Crippen LogP contribution in [0.25, 0.3) is 0 Å². The molecule has 0 aromatic heterocycles. The van der Waals surface area contributed by atoms with Crippen LogP contribution in [0.1, 0.15) is 90.9 Å². The lowest BCUT2D eigenvalue weighted by Gasteiger charge is -2.20. The fourth-order valence-corrected chi connectivity index (χ4v) is 3.92. The molecule has 1 aliphatic carbocycles. The van der Waals surface area contributed by atoms with Gasteiger partial charge in [-0.05, 0) is 63.9 Å². The molecule has 0 amide bonds. The molecule has 0 radical (unpaired) electrons. The van der Waals surface area contributed by atoms with E-state index in [9.17, 15) is 19.1 Å². The summed E-state index contributed by atoms with van der Waals surface area (Å²) in [6.45, 7) is 3.96. The van der Waals surface area contributed by atoms with Crippen LogP contribution in [0.5, 0.6) is 0 Å². The first-order chi connectivity index (χ1) is 13.0. The number of halogens is 1. The zero-order chi connectivity index (χ0) is 20.1. The number of ether oxygens (including phenoxy) is 1. The van der Waals surface area contributed by atoms with Crippen molar-refractivity contribution < 1.29 is 23.8 Å². The largest absolute Gasteiger partial charge is 0.461 e. The maximum Gasteiger partial charge on any atom is 0.366 e. The number of allylic oxidation sites excluding steroid dienone is 1. The van der Waals surface area contributed by atoms with Gasteiger partial charge in [0.2, 0.25) is 5.83 Å². The van der Waals surface area contributed by atoms with E-state index in [4.69, 9.17) is 0 Å². The Hall–Kier alpha value is -1.23. The highest BCUT2D eigenvalue weighted by atomic mass is 19.1. The number of Topliss-reactive ketones (excluding diaryl/α,β-unsaturated/α-hetero) is 1. The molecule has 0 aromatic carbocycles. The molecule has 0 heterocycles. The molecule has 1 fully saturated rings. The van der Waals surface area contributed by atoms with Crippen molar-refractivity contribution in [2.45, 2.75) is 97.0 Å². The third-order valence-corrected chi connectivity index (χ3v) is 5.52. The first-order valence-corrected chi connectivity index (χ1v) is 10.7. The summed E-state index contributed by atoms with van der Waals surface area (Å²) in [5, 5.41) is 10.1. The molecular formula is C22H37FO4. The van der Waals surface area contributed by atoms with Gasteiger partial charge < -0.3 is 9.84 Å². The van der Waals surface area contributed by atoms with Gasteiger partial charge in [-0.3, -0.25) is 4.79 Å². The van der Waals surface area contributed by atoms with Crippen LogP contribution in [0.3, 0.4) is 0 Å². The first-order valence-electron chi connectivity index (χ1n) is 10.7. The zero-order valence-electron chi connectivity index (χ0n) is 17.1. The maximum atomic E-state index is 13.4. The second-order valence-corrected chi connectivity index (χ2v) is 7.66. The Morgan fingerprint density at radius 1 is 1.22 bits per heavy atom. The molecule has 0 aromatic rings. The predicted molar refractivity (Wildman–Crippen MR) is 105 cm³/mol. The molecule has 156 valence electrons.